The minimum Gasteiger partial charge on any atom is -0.382 e. The minimum absolute atomic E-state index is 0.163. The SMILES string of the molecule is C=C1CCN([C@@H](C)[C@@](O)(Cn2cncn2)c2ccc(Cl)cc2Cl)CC1. The normalized spacial score (nSPS) is 19.6. The summed E-state index contributed by atoms with van der Waals surface area (Å²) in [6.07, 6.45) is 4.94. The third-order valence-electron chi connectivity index (χ3n) is 5.01. The highest BCUT2D eigenvalue weighted by molar-refractivity contribution is 6.35. The summed E-state index contributed by atoms with van der Waals surface area (Å²) in [5.41, 5.74) is 0.673. The molecule has 0 spiro atoms. The van der Waals surface area contributed by atoms with Gasteiger partial charge >= 0.3 is 0 Å². The minimum atomic E-state index is -1.23. The van der Waals surface area contributed by atoms with Crippen molar-refractivity contribution in [1.29, 1.82) is 0 Å². The van der Waals surface area contributed by atoms with E-state index < -0.39 is 5.60 Å². The fraction of sp³-hybridized carbons (Fsp3) is 0.444. The van der Waals surface area contributed by atoms with Crippen LogP contribution in [-0.4, -0.2) is 43.9 Å². The molecule has 5 nitrogen and oxygen atoms in total. The third kappa shape index (κ3) is 3.90. The molecule has 0 saturated carbocycles. The number of benzene rings is 1. The van der Waals surface area contributed by atoms with Gasteiger partial charge in [-0.3, -0.25) is 4.90 Å². The highest BCUT2D eigenvalue weighted by atomic mass is 35.5. The number of hydrogen-bond acceptors (Lipinski definition) is 4. The molecule has 0 aliphatic carbocycles. The second kappa shape index (κ2) is 7.46. The van der Waals surface area contributed by atoms with E-state index >= 15 is 0 Å². The molecule has 7 heteroatoms. The number of halogens is 2. The van der Waals surface area contributed by atoms with Gasteiger partial charge in [-0.1, -0.05) is 41.4 Å². The van der Waals surface area contributed by atoms with Gasteiger partial charge in [-0.2, -0.15) is 5.10 Å². The van der Waals surface area contributed by atoms with Crippen molar-refractivity contribution >= 4 is 23.2 Å². The van der Waals surface area contributed by atoms with Crippen molar-refractivity contribution in [2.75, 3.05) is 13.1 Å². The lowest BCUT2D eigenvalue weighted by Gasteiger charge is -2.43. The molecule has 0 bridgehead atoms. The standard InChI is InChI=1S/C18H22Cl2N4O/c1-13-5-7-23(8-6-13)14(2)18(25,10-24-12-21-11-22-24)16-4-3-15(19)9-17(16)20/h3-4,9,11-12,14,25H,1,5-8,10H2,2H3/t14-,18-/m0/s1. The Bertz CT molecular complexity index is 740. The first-order valence-corrected chi connectivity index (χ1v) is 9.07. The van der Waals surface area contributed by atoms with Crippen molar-refractivity contribution in [1.82, 2.24) is 19.7 Å². The van der Waals surface area contributed by atoms with Gasteiger partial charge in [0.05, 0.1) is 6.54 Å². The quantitative estimate of drug-likeness (QED) is 0.806. The van der Waals surface area contributed by atoms with Crippen LogP contribution in [0.3, 0.4) is 0 Å². The second-order valence-electron chi connectivity index (χ2n) is 6.60. The molecule has 1 aromatic heterocycles. The number of likely N-dealkylation sites (tertiary alicyclic amines) is 1. The van der Waals surface area contributed by atoms with Gasteiger partial charge in [-0.05, 0) is 31.9 Å². The number of piperidine rings is 1. The first-order chi connectivity index (χ1) is 11.9. The zero-order valence-electron chi connectivity index (χ0n) is 14.2. The third-order valence-corrected chi connectivity index (χ3v) is 5.56. The topological polar surface area (TPSA) is 54.2 Å². The molecule has 1 aliphatic rings. The number of aliphatic hydroxyl groups is 1. The van der Waals surface area contributed by atoms with Crippen LogP contribution in [0.4, 0.5) is 0 Å². The van der Waals surface area contributed by atoms with E-state index in [1.807, 2.05) is 6.92 Å². The monoisotopic (exact) mass is 380 g/mol. The maximum Gasteiger partial charge on any atom is 0.137 e. The lowest BCUT2D eigenvalue weighted by Crippen LogP contribution is -2.53. The van der Waals surface area contributed by atoms with Crippen LogP contribution in [0.2, 0.25) is 10.0 Å². The molecular weight excluding hydrogens is 359 g/mol. The van der Waals surface area contributed by atoms with E-state index in [1.165, 1.54) is 11.9 Å². The van der Waals surface area contributed by atoms with Gasteiger partial charge in [0.2, 0.25) is 0 Å². The molecule has 1 aromatic carbocycles. The first kappa shape index (κ1) is 18.4. The molecule has 0 radical (unpaired) electrons. The average Bonchev–Trinajstić information content (AvgIpc) is 3.07. The van der Waals surface area contributed by atoms with Crippen LogP contribution in [0.15, 0.2) is 43.0 Å². The lowest BCUT2D eigenvalue weighted by atomic mass is 9.85. The van der Waals surface area contributed by atoms with Gasteiger partial charge in [-0.15, -0.1) is 0 Å². The molecule has 1 aliphatic heterocycles. The van der Waals surface area contributed by atoms with Crippen LogP contribution >= 0.6 is 23.2 Å². The molecule has 2 atom stereocenters. The zero-order valence-corrected chi connectivity index (χ0v) is 15.7. The van der Waals surface area contributed by atoms with E-state index in [-0.39, 0.29) is 12.6 Å². The molecule has 0 amide bonds. The highest BCUT2D eigenvalue weighted by Crippen LogP contribution is 2.37. The Morgan fingerprint density at radius 1 is 1.32 bits per heavy atom. The number of rotatable bonds is 5. The van der Waals surface area contributed by atoms with Crippen LogP contribution in [0, 0.1) is 0 Å². The van der Waals surface area contributed by atoms with E-state index in [0.717, 1.165) is 25.9 Å². The molecule has 134 valence electrons. The highest BCUT2D eigenvalue weighted by Gasteiger charge is 2.41. The first-order valence-electron chi connectivity index (χ1n) is 8.31. The van der Waals surface area contributed by atoms with E-state index in [2.05, 4.69) is 21.6 Å². The fourth-order valence-corrected chi connectivity index (χ4v) is 3.95. The predicted molar refractivity (Wildman–Crippen MR) is 99.8 cm³/mol. The molecule has 3 rings (SSSR count). The maximum atomic E-state index is 11.7. The molecule has 2 heterocycles. The summed E-state index contributed by atoms with van der Waals surface area (Å²) in [5.74, 6) is 0. The predicted octanol–water partition coefficient (Wildman–Crippen LogP) is 3.51. The van der Waals surface area contributed by atoms with E-state index in [1.54, 1.807) is 29.2 Å². The lowest BCUT2D eigenvalue weighted by molar-refractivity contribution is -0.0633. The van der Waals surface area contributed by atoms with Crippen molar-refractivity contribution in [2.24, 2.45) is 0 Å². The molecule has 1 saturated heterocycles. The molecule has 2 aromatic rings. The van der Waals surface area contributed by atoms with Crippen molar-refractivity contribution < 1.29 is 5.11 Å². The average molecular weight is 381 g/mol. The second-order valence-corrected chi connectivity index (χ2v) is 7.45. The number of nitrogens with zero attached hydrogens (tertiary/aromatic N) is 4. The van der Waals surface area contributed by atoms with Gasteiger partial charge in [-0.25, -0.2) is 9.67 Å². The van der Waals surface area contributed by atoms with Crippen molar-refractivity contribution in [3.63, 3.8) is 0 Å². The summed E-state index contributed by atoms with van der Waals surface area (Å²) in [5, 5.41) is 16.9. The Kier molecular flexibility index (Phi) is 5.49. The van der Waals surface area contributed by atoms with E-state index in [0.29, 0.717) is 15.6 Å². The summed E-state index contributed by atoms with van der Waals surface area (Å²) in [6, 6.07) is 5.04. The van der Waals surface area contributed by atoms with Gasteiger partial charge in [0.15, 0.2) is 0 Å². The fourth-order valence-electron chi connectivity index (χ4n) is 3.37. The smallest absolute Gasteiger partial charge is 0.137 e. The molecule has 1 N–H and O–H groups in total. The number of aromatic nitrogens is 3. The van der Waals surface area contributed by atoms with Gasteiger partial charge in [0, 0.05) is 34.7 Å². The van der Waals surface area contributed by atoms with Crippen molar-refractivity contribution in [3.05, 3.63) is 58.6 Å². The summed E-state index contributed by atoms with van der Waals surface area (Å²) in [7, 11) is 0. The summed E-state index contributed by atoms with van der Waals surface area (Å²) < 4.78 is 1.63. The Labute approximate surface area is 157 Å². The maximum absolute atomic E-state index is 11.7. The number of hydrogen-bond donors (Lipinski definition) is 1. The molecular formula is C18H22Cl2N4O. The van der Waals surface area contributed by atoms with Crippen LogP contribution < -0.4 is 0 Å². The van der Waals surface area contributed by atoms with E-state index in [9.17, 15) is 5.11 Å². The largest absolute Gasteiger partial charge is 0.382 e. The van der Waals surface area contributed by atoms with Crippen LogP contribution in [-0.2, 0) is 12.1 Å². The molecule has 0 unspecified atom stereocenters. The van der Waals surface area contributed by atoms with Gasteiger partial charge < -0.3 is 5.11 Å². The van der Waals surface area contributed by atoms with Crippen LogP contribution in [0.25, 0.3) is 0 Å². The summed E-state index contributed by atoms with van der Waals surface area (Å²) in [4.78, 5) is 6.25. The Morgan fingerprint density at radius 3 is 2.64 bits per heavy atom. The van der Waals surface area contributed by atoms with E-state index in [4.69, 9.17) is 23.2 Å². The van der Waals surface area contributed by atoms with Gasteiger partial charge in [0.1, 0.15) is 18.3 Å². The van der Waals surface area contributed by atoms with Crippen LogP contribution in [0.5, 0.6) is 0 Å². The van der Waals surface area contributed by atoms with Crippen molar-refractivity contribution in [2.45, 2.75) is 38.0 Å². The van der Waals surface area contributed by atoms with Gasteiger partial charge in [0.25, 0.3) is 0 Å². The molecule has 1 fully saturated rings. The summed E-state index contributed by atoms with van der Waals surface area (Å²) >= 11 is 12.5. The van der Waals surface area contributed by atoms with Crippen LogP contribution in [0.1, 0.15) is 25.3 Å². The Hall–Kier alpha value is -1.40. The summed E-state index contributed by atoms with van der Waals surface area (Å²) in [6.45, 7) is 8.08. The Morgan fingerprint density at radius 2 is 2.04 bits per heavy atom. The Balaban J connectivity index is 1.97. The zero-order chi connectivity index (χ0) is 18.0. The molecule has 25 heavy (non-hydrogen) atoms. The van der Waals surface area contributed by atoms with Crippen molar-refractivity contribution in [3.8, 4) is 0 Å².